The van der Waals surface area contributed by atoms with Crippen LogP contribution in [0.5, 0.6) is 0 Å². The molecule has 8 heteroatoms. The fourth-order valence-corrected chi connectivity index (χ4v) is 3.00. The molecule has 0 bridgehead atoms. The minimum atomic E-state index is -3.51. The summed E-state index contributed by atoms with van der Waals surface area (Å²) in [5.74, 6) is 0.406. The number of hydrogen-bond acceptors (Lipinski definition) is 6. The zero-order chi connectivity index (χ0) is 16.7. The summed E-state index contributed by atoms with van der Waals surface area (Å²) in [6, 6.07) is 11.2. The number of aromatic nitrogens is 4. The molecule has 0 aliphatic rings. The minimum absolute atomic E-state index is 0.225. The zero-order valence-corrected chi connectivity index (χ0v) is 13.4. The monoisotopic (exact) mass is 340 g/mol. The standard InChI is InChI=1S/C16H12N4O3S/c1-24(21,22)15-17-8-7-12(18-15)14-13(11-5-3-2-4-6-11)19-16-20(14)9-10-23-16/h2-10H,1H3. The predicted molar refractivity (Wildman–Crippen MR) is 87.0 cm³/mol. The summed E-state index contributed by atoms with van der Waals surface area (Å²) in [4.78, 5) is 12.5. The number of hydrogen-bond donors (Lipinski definition) is 0. The second kappa shape index (κ2) is 5.27. The first-order valence-electron chi connectivity index (χ1n) is 7.08. The van der Waals surface area contributed by atoms with Gasteiger partial charge in [0.1, 0.15) is 17.7 Å². The molecule has 0 aliphatic heterocycles. The molecule has 0 fully saturated rings. The minimum Gasteiger partial charge on any atom is -0.432 e. The molecule has 3 aromatic heterocycles. The van der Waals surface area contributed by atoms with Crippen molar-refractivity contribution in [2.75, 3.05) is 6.26 Å². The van der Waals surface area contributed by atoms with Crippen LogP contribution in [0.4, 0.5) is 0 Å². The van der Waals surface area contributed by atoms with Gasteiger partial charge in [-0.25, -0.2) is 18.4 Å². The van der Waals surface area contributed by atoms with Gasteiger partial charge in [-0.15, -0.1) is 0 Å². The third kappa shape index (κ3) is 2.37. The average Bonchev–Trinajstić information content (AvgIpc) is 3.15. The van der Waals surface area contributed by atoms with Crippen molar-refractivity contribution in [1.82, 2.24) is 19.4 Å². The van der Waals surface area contributed by atoms with E-state index >= 15 is 0 Å². The molecule has 120 valence electrons. The number of sulfone groups is 1. The van der Waals surface area contributed by atoms with Gasteiger partial charge >= 0.3 is 5.84 Å². The van der Waals surface area contributed by atoms with E-state index in [0.717, 1.165) is 11.8 Å². The van der Waals surface area contributed by atoms with Crippen molar-refractivity contribution in [2.24, 2.45) is 0 Å². The molecule has 0 radical (unpaired) electrons. The third-order valence-corrected chi connectivity index (χ3v) is 4.38. The van der Waals surface area contributed by atoms with Crippen LogP contribution in [0.1, 0.15) is 0 Å². The van der Waals surface area contributed by atoms with Crippen molar-refractivity contribution in [1.29, 1.82) is 0 Å². The molecule has 3 heterocycles. The summed E-state index contributed by atoms with van der Waals surface area (Å²) < 4.78 is 30.6. The summed E-state index contributed by atoms with van der Waals surface area (Å²) in [6.07, 6.45) is 5.73. The van der Waals surface area contributed by atoms with E-state index in [2.05, 4.69) is 15.0 Å². The Labute approximate surface area is 137 Å². The van der Waals surface area contributed by atoms with Gasteiger partial charge in [0, 0.05) is 24.2 Å². The summed E-state index contributed by atoms with van der Waals surface area (Å²) in [5, 5.41) is -0.225. The van der Waals surface area contributed by atoms with Gasteiger partial charge in [0.25, 0.3) is 0 Å². The maximum absolute atomic E-state index is 11.8. The van der Waals surface area contributed by atoms with Gasteiger partial charge in [0.05, 0.1) is 5.69 Å². The van der Waals surface area contributed by atoms with Crippen molar-refractivity contribution in [2.45, 2.75) is 5.16 Å². The van der Waals surface area contributed by atoms with Crippen LogP contribution >= 0.6 is 0 Å². The Morgan fingerprint density at radius 3 is 2.62 bits per heavy atom. The highest BCUT2D eigenvalue weighted by molar-refractivity contribution is 7.90. The highest BCUT2D eigenvalue weighted by atomic mass is 32.2. The molecule has 24 heavy (non-hydrogen) atoms. The van der Waals surface area contributed by atoms with Crippen LogP contribution in [-0.2, 0) is 9.84 Å². The van der Waals surface area contributed by atoms with Crippen molar-refractivity contribution < 1.29 is 12.8 Å². The Bertz CT molecular complexity index is 1130. The molecule has 0 saturated heterocycles. The van der Waals surface area contributed by atoms with Gasteiger partial charge in [-0.3, -0.25) is 4.40 Å². The normalized spacial score (nSPS) is 11.9. The number of rotatable bonds is 3. The summed E-state index contributed by atoms with van der Waals surface area (Å²) in [7, 11) is -3.51. The van der Waals surface area contributed by atoms with Gasteiger partial charge in [0.15, 0.2) is 0 Å². The van der Waals surface area contributed by atoms with Gasteiger partial charge < -0.3 is 4.42 Å². The lowest BCUT2D eigenvalue weighted by Crippen LogP contribution is -2.05. The molecule has 0 saturated carbocycles. The lowest BCUT2D eigenvalue weighted by molar-refractivity contribution is 0.593. The Morgan fingerprint density at radius 1 is 1.08 bits per heavy atom. The fraction of sp³-hybridized carbons (Fsp3) is 0.0625. The second-order valence-corrected chi connectivity index (χ2v) is 7.14. The molecule has 1 aromatic carbocycles. The second-order valence-electron chi connectivity index (χ2n) is 5.23. The third-order valence-electron chi connectivity index (χ3n) is 3.52. The van der Waals surface area contributed by atoms with Gasteiger partial charge in [-0.1, -0.05) is 30.3 Å². The van der Waals surface area contributed by atoms with E-state index in [1.165, 1.54) is 12.5 Å². The SMILES string of the molecule is CS(=O)(=O)c1nccc(-c2c(-c3ccccc3)nc3occn23)n1. The summed E-state index contributed by atoms with van der Waals surface area (Å²) >= 11 is 0. The lowest BCUT2D eigenvalue weighted by atomic mass is 10.1. The molecule has 7 nitrogen and oxygen atoms in total. The van der Waals surface area contributed by atoms with Crippen LogP contribution in [0.2, 0.25) is 0 Å². The predicted octanol–water partition coefficient (Wildman–Crippen LogP) is 2.45. The topological polar surface area (TPSA) is 90.4 Å². The van der Waals surface area contributed by atoms with Gasteiger partial charge in [-0.05, 0) is 6.07 Å². The van der Waals surface area contributed by atoms with Crippen LogP contribution in [0, 0.1) is 0 Å². The Balaban J connectivity index is 2.01. The molecule has 4 rings (SSSR count). The Hall–Kier alpha value is -3.00. The van der Waals surface area contributed by atoms with Crippen LogP contribution < -0.4 is 0 Å². The molecular weight excluding hydrogens is 328 g/mol. The molecule has 4 aromatic rings. The average molecular weight is 340 g/mol. The maximum Gasteiger partial charge on any atom is 0.306 e. The van der Waals surface area contributed by atoms with Gasteiger partial charge in [-0.2, -0.15) is 4.98 Å². The van der Waals surface area contributed by atoms with E-state index in [4.69, 9.17) is 4.42 Å². The highest BCUT2D eigenvalue weighted by Crippen LogP contribution is 2.32. The number of benzene rings is 1. The van der Waals surface area contributed by atoms with E-state index in [1.807, 2.05) is 30.3 Å². The van der Waals surface area contributed by atoms with E-state index in [9.17, 15) is 8.42 Å². The molecule has 0 N–H and O–H groups in total. The lowest BCUT2D eigenvalue weighted by Gasteiger charge is -2.05. The largest absolute Gasteiger partial charge is 0.432 e. The molecular formula is C16H12N4O3S. The summed E-state index contributed by atoms with van der Waals surface area (Å²) in [6.45, 7) is 0. The number of imidazole rings is 1. The maximum atomic E-state index is 11.8. The van der Waals surface area contributed by atoms with Gasteiger partial charge in [0.2, 0.25) is 15.0 Å². The Kier molecular flexibility index (Phi) is 3.20. The summed E-state index contributed by atoms with van der Waals surface area (Å²) in [5.41, 5.74) is 2.65. The molecule has 0 aliphatic carbocycles. The van der Waals surface area contributed by atoms with Crippen molar-refractivity contribution >= 4 is 15.7 Å². The first kappa shape index (κ1) is 14.6. The molecule has 0 amide bonds. The first-order valence-corrected chi connectivity index (χ1v) is 8.97. The van der Waals surface area contributed by atoms with Crippen LogP contribution in [0.3, 0.4) is 0 Å². The molecule has 0 spiro atoms. The van der Waals surface area contributed by atoms with E-state index in [1.54, 1.807) is 16.7 Å². The fourth-order valence-electron chi connectivity index (χ4n) is 2.48. The van der Waals surface area contributed by atoms with Crippen LogP contribution in [0.25, 0.3) is 28.5 Å². The van der Waals surface area contributed by atoms with Crippen LogP contribution in [-0.4, -0.2) is 34.0 Å². The van der Waals surface area contributed by atoms with Crippen LogP contribution in [0.15, 0.2) is 64.6 Å². The first-order chi connectivity index (χ1) is 11.5. The Morgan fingerprint density at radius 2 is 1.88 bits per heavy atom. The van der Waals surface area contributed by atoms with E-state index < -0.39 is 9.84 Å². The van der Waals surface area contributed by atoms with Crippen molar-refractivity contribution in [3.8, 4) is 22.6 Å². The van der Waals surface area contributed by atoms with Crippen molar-refractivity contribution in [3.05, 3.63) is 55.1 Å². The van der Waals surface area contributed by atoms with Crippen molar-refractivity contribution in [3.63, 3.8) is 0 Å². The number of nitrogens with zero attached hydrogens (tertiary/aromatic N) is 4. The zero-order valence-electron chi connectivity index (χ0n) is 12.6. The van der Waals surface area contributed by atoms with E-state index in [0.29, 0.717) is 22.9 Å². The number of fused-ring (bicyclic) bond motifs is 1. The smallest absolute Gasteiger partial charge is 0.306 e. The highest BCUT2D eigenvalue weighted by Gasteiger charge is 2.20. The van der Waals surface area contributed by atoms with E-state index in [-0.39, 0.29) is 5.16 Å². The molecule has 0 atom stereocenters. The molecule has 0 unspecified atom stereocenters. The quantitative estimate of drug-likeness (QED) is 0.532. The number of oxazole rings is 1.